The summed E-state index contributed by atoms with van der Waals surface area (Å²) in [6.07, 6.45) is 0. The lowest BCUT2D eigenvalue weighted by molar-refractivity contribution is 0.661. The molecule has 1 aliphatic rings. The van der Waals surface area contributed by atoms with Crippen LogP contribution in [0.4, 0.5) is 0 Å². The van der Waals surface area contributed by atoms with Gasteiger partial charge in [0.1, 0.15) is 0 Å². The maximum Gasteiger partial charge on any atom is 0.235 e. The highest BCUT2D eigenvalue weighted by Crippen LogP contribution is 2.51. The van der Waals surface area contributed by atoms with Gasteiger partial charge >= 0.3 is 0 Å². The molecule has 1 aliphatic carbocycles. The second-order valence-electron chi connectivity index (χ2n) is 14.3. The topological polar surface area (TPSA) is 30.7 Å². The second kappa shape index (κ2) is 11.8. The Kier molecular flexibility index (Phi) is 6.84. The van der Waals surface area contributed by atoms with E-state index in [1.807, 2.05) is 0 Å². The van der Waals surface area contributed by atoms with Crippen LogP contribution in [-0.4, -0.2) is 14.5 Å². The van der Waals surface area contributed by atoms with Gasteiger partial charge in [0.25, 0.3) is 0 Å². The number of nitrogens with zero attached hydrogens (tertiary/aromatic N) is 3. The predicted molar refractivity (Wildman–Crippen MR) is 216 cm³/mol. The molecule has 0 bridgehead atoms. The zero-order chi connectivity index (χ0) is 34.8. The van der Waals surface area contributed by atoms with Crippen LogP contribution in [-0.2, 0) is 5.41 Å². The summed E-state index contributed by atoms with van der Waals surface area (Å²) in [6, 6.07) is 62.9. The van der Waals surface area contributed by atoms with Crippen molar-refractivity contribution in [3.05, 3.63) is 187 Å². The Labute approximate surface area is 303 Å². The first kappa shape index (κ1) is 30.3. The highest BCUT2D eigenvalue weighted by atomic mass is 15.2. The van der Waals surface area contributed by atoms with Crippen molar-refractivity contribution >= 4 is 21.8 Å². The number of fused-ring (bicyclic) bond motifs is 6. The first-order valence-corrected chi connectivity index (χ1v) is 17.9. The van der Waals surface area contributed by atoms with Crippen LogP contribution >= 0.6 is 0 Å². The number of para-hydroxylation sites is 1. The monoisotopic (exact) mass is 665 g/mol. The van der Waals surface area contributed by atoms with E-state index in [-0.39, 0.29) is 5.41 Å². The molecule has 3 nitrogen and oxygen atoms in total. The third-order valence-electron chi connectivity index (χ3n) is 10.9. The van der Waals surface area contributed by atoms with E-state index in [1.54, 1.807) is 0 Å². The Hall–Kier alpha value is -6.58. The van der Waals surface area contributed by atoms with Crippen LogP contribution in [0, 0.1) is 0 Å². The Bertz CT molecular complexity index is 2670. The van der Waals surface area contributed by atoms with Gasteiger partial charge in [-0.2, -0.15) is 0 Å². The van der Waals surface area contributed by atoms with Gasteiger partial charge in [-0.05, 0) is 68.8 Å². The molecule has 9 aromatic rings. The molecule has 0 fully saturated rings. The number of rotatable bonds is 5. The lowest BCUT2D eigenvalue weighted by Gasteiger charge is -2.21. The summed E-state index contributed by atoms with van der Waals surface area (Å²) in [5.74, 6) is 0.659. The zero-order valence-electron chi connectivity index (χ0n) is 29.1. The summed E-state index contributed by atoms with van der Waals surface area (Å²) in [5, 5.41) is 2.40. The number of hydrogen-bond donors (Lipinski definition) is 0. The Morgan fingerprint density at radius 1 is 0.385 bits per heavy atom. The van der Waals surface area contributed by atoms with Crippen molar-refractivity contribution in [3.63, 3.8) is 0 Å². The van der Waals surface area contributed by atoms with Crippen molar-refractivity contribution in [2.24, 2.45) is 0 Å². The highest BCUT2D eigenvalue weighted by molar-refractivity contribution is 6.11. The smallest absolute Gasteiger partial charge is 0.235 e. The molecule has 0 unspecified atom stereocenters. The molecule has 246 valence electrons. The molecule has 0 saturated carbocycles. The summed E-state index contributed by atoms with van der Waals surface area (Å²) in [6.45, 7) is 4.67. The van der Waals surface area contributed by atoms with Crippen molar-refractivity contribution in [2.45, 2.75) is 19.3 Å². The second-order valence-corrected chi connectivity index (χ2v) is 14.3. The summed E-state index contributed by atoms with van der Waals surface area (Å²) in [7, 11) is 0. The Balaban J connectivity index is 1.19. The van der Waals surface area contributed by atoms with E-state index in [1.165, 1.54) is 55.3 Å². The standard InChI is InChI=1S/C49H35N3/c1-49(2)42-19-11-9-17-38(42)40-29-41-39-18-10-12-20-46(39)52(47(41)30-43(40)49)48-50-44(36-25-21-34(22-26-36)32-13-5-3-6-14-32)31-45(51-48)37-27-23-35(24-28-37)33-15-7-4-8-16-33/h3-31H,1-2H3. The van der Waals surface area contributed by atoms with Gasteiger partial charge in [-0.25, -0.2) is 9.97 Å². The number of benzene rings is 7. The van der Waals surface area contributed by atoms with Gasteiger partial charge < -0.3 is 0 Å². The fourth-order valence-corrected chi connectivity index (χ4v) is 8.14. The Morgan fingerprint density at radius 3 is 1.50 bits per heavy atom. The SMILES string of the molecule is CC1(C)c2ccccc2-c2cc3c4ccccc4n(-c4nc(-c5ccc(-c6ccccc6)cc5)cc(-c5ccc(-c6ccccc6)cc5)n4)c3cc21. The van der Waals surface area contributed by atoms with E-state index in [2.05, 4.69) is 194 Å². The molecule has 10 rings (SSSR count). The zero-order valence-corrected chi connectivity index (χ0v) is 29.1. The van der Waals surface area contributed by atoms with Gasteiger partial charge in [0.05, 0.1) is 22.4 Å². The average Bonchev–Trinajstić information content (AvgIpc) is 3.65. The molecule has 7 aromatic carbocycles. The van der Waals surface area contributed by atoms with Gasteiger partial charge in [-0.3, -0.25) is 4.57 Å². The molecule has 3 heteroatoms. The lowest BCUT2D eigenvalue weighted by Crippen LogP contribution is -2.15. The van der Waals surface area contributed by atoms with Gasteiger partial charge in [0, 0.05) is 27.3 Å². The minimum Gasteiger partial charge on any atom is -0.278 e. The van der Waals surface area contributed by atoms with Crippen molar-refractivity contribution in [3.8, 4) is 61.8 Å². The third kappa shape index (κ3) is 4.81. The molecule has 0 aliphatic heterocycles. The van der Waals surface area contributed by atoms with E-state index < -0.39 is 0 Å². The van der Waals surface area contributed by atoms with Crippen LogP contribution in [0.25, 0.3) is 83.6 Å². The first-order valence-electron chi connectivity index (χ1n) is 17.9. The van der Waals surface area contributed by atoms with Gasteiger partial charge in [0.15, 0.2) is 0 Å². The summed E-state index contributed by atoms with van der Waals surface area (Å²) >= 11 is 0. The van der Waals surface area contributed by atoms with Crippen molar-refractivity contribution < 1.29 is 0 Å². The minimum atomic E-state index is -0.129. The van der Waals surface area contributed by atoms with Crippen LogP contribution in [0.5, 0.6) is 0 Å². The number of aromatic nitrogens is 3. The first-order chi connectivity index (χ1) is 25.5. The maximum atomic E-state index is 5.36. The van der Waals surface area contributed by atoms with Crippen LogP contribution < -0.4 is 0 Å². The third-order valence-corrected chi connectivity index (χ3v) is 10.9. The molecular formula is C49H35N3. The minimum absolute atomic E-state index is 0.129. The van der Waals surface area contributed by atoms with E-state index in [4.69, 9.17) is 9.97 Å². The molecule has 2 heterocycles. The molecule has 0 spiro atoms. The fraction of sp³-hybridized carbons (Fsp3) is 0.0612. The molecule has 2 aromatic heterocycles. The molecule has 0 N–H and O–H groups in total. The summed E-state index contributed by atoms with van der Waals surface area (Å²) in [4.78, 5) is 10.7. The molecule has 0 radical (unpaired) electrons. The number of hydrogen-bond acceptors (Lipinski definition) is 2. The normalized spacial score (nSPS) is 13.0. The summed E-state index contributed by atoms with van der Waals surface area (Å²) < 4.78 is 2.27. The van der Waals surface area contributed by atoms with E-state index >= 15 is 0 Å². The van der Waals surface area contributed by atoms with Gasteiger partial charge in [-0.1, -0.05) is 166 Å². The Morgan fingerprint density at radius 2 is 0.885 bits per heavy atom. The van der Waals surface area contributed by atoms with Gasteiger partial charge in [-0.15, -0.1) is 0 Å². The fourth-order valence-electron chi connectivity index (χ4n) is 8.14. The van der Waals surface area contributed by atoms with Gasteiger partial charge in [0.2, 0.25) is 5.95 Å². The van der Waals surface area contributed by atoms with Crippen LogP contribution in [0.15, 0.2) is 176 Å². The van der Waals surface area contributed by atoms with Crippen LogP contribution in [0.2, 0.25) is 0 Å². The van der Waals surface area contributed by atoms with Crippen LogP contribution in [0.1, 0.15) is 25.0 Å². The van der Waals surface area contributed by atoms with Crippen LogP contribution in [0.3, 0.4) is 0 Å². The largest absolute Gasteiger partial charge is 0.278 e. The predicted octanol–water partition coefficient (Wildman–Crippen LogP) is 12.5. The van der Waals surface area contributed by atoms with E-state index in [0.717, 1.165) is 33.5 Å². The van der Waals surface area contributed by atoms with E-state index in [0.29, 0.717) is 5.95 Å². The van der Waals surface area contributed by atoms with Crippen molar-refractivity contribution in [1.82, 2.24) is 14.5 Å². The average molecular weight is 666 g/mol. The molecular weight excluding hydrogens is 631 g/mol. The van der Waals surface area contributed by atoms with Crippen molar-refractivity contribution in [1.29, 1.82) is 0 Å². The lowest BCUT2D eigenvalue weighted by atomic mass is 9.82. The molecule has 52 heavy (non-hydrogen) atoms. The highest BCUT2D eigenvalue weighted by Gasteiger charge is 2.36. The molecule has 0 saturated heterocycles. The van der Waals surface area contributed by atoms with E-state index in [9.17, 15) is 0 Å². The quantitative estimate of drug-likeness (QED) is 0.183. The maximum absolute atomic E-state index is 5.36. The molecule has 0 amide bonds. The van der Waals surface area contributed by atoms with Crippen molar-refractivity contribution in [2.75, 3.05) is 0 Å². The summed E-state index contributed by atoms with van der Waals surface area (Å²) in [5.41, 5.74) is 16.0. The molecule has 0 atom stereocenters.